The first-order valence-corrected chi connectivity index (χ1v) is 14.3. The summed E-state index contributed by atoms with van der Waals surface area (Å²) in [5, 5.41) is 3.29. The number of imide groups is 1. The smallest absolute Gasteiger partial charge is 0.328 e. The number of hydrogen-bond acceptors (Lipinski definition) is 7. The highest BCUT2D eigenvalue weighted by atomic mass is 32.3. The second-order valence-corrected chi connectivity index (χ2v) is 13.3. The molecule has 1 aliphatic carbocycles. The largest absolute Gasteiger partial charge is 0.372 e. The van der Waals surface area contributed by atoms with Crippen LogP contribution in [-0.2, 0) is 52.9 Å². The van der Waals surface area contributed by atoms with Crippen molar-refractivity contribution >= 4 is 33.7 Å². The van der Waals surface area contributed by atoms with Crippen LogP contribution in [0.4, 0.5) is 9.18 Å². The van der Waals surface area contributed by atoms with E-state index >= 15 is 4.39 Å². The van der Waals surface area contributed by atoms with Crippen LogP contribution in [0.1, 0.15) is 42.0 Å². The summed E-state index contributed by atoms with van der Waals surface area (Å²) >= 11 is 0.953. The Morgan fingerprint density at radius 3 is 2.62 bits per heavy atom. The Balaban J connectivity index is 1.34. The zero-order valence-electron chi connectivity index (χ0n) is 20.3. The summed E-state index contributed by atoms with van der Waals surface area (Å²) in [5.41, 5.74) is 2.06. The molecule has 0 spiro atoms. The topological polar surface area (TPSA) is 114 Å². The number of ether oxygens (including phenoxy) is 1. The lowest BCUT2D eigenvalue weighted by molar-refractivity contribution is -0.135. The molecule has 196 valence electrons. The third-order valence-electron chi connectivity index (χ3n) is 7.16. The summed E-state index contributed by atoms with van der Waals surface area (Å²) in [4.78, 5) is 29.7. The van der Waals surface area contributed by atoms with Crippen LogP contribution in [0.2, 0.25) is 0 Å². The standard InChI is InChI=1S/C24H26FN5O5S2/c1-24(3-4-24)27-37(33,34)20-7-18-21(31)29(10-14-8-26-28(2)9-14)23(32)30(22(18)36-20)11-15-5-16-12-35-13-17(16)6-19(15)25/h5-9,18,22,27H,3-4,10-13H2,1-2H3. The van der Waals surface area contributed by atoms with Gasteiger partial charge in [-0.2, -0.15) is 5.10 Å². The number of urea groups is 1. The monoisotopic (exact) mass is 547 g/mol. The molecule has 1 N–H and O–H groups in total. The van der Waals surface area contributed by atoms with Gasteiger partial charge in [0.05, 0.1) is 38.4 Å². The van der Waals surface area contributed by atoms with Gasteiger partial charge in [-0.3, -0.25) is 14.4 Å². The number of amides is 3. The van der Waals surface area contributed by atoms with Crippen LogP contribution in [0, 0.1) is 11.7 Å². The maximum absolute atomic E-state index is 15.0. The molecule has 3 aliphatic heterocycles. The summed E-state index contributed by atoms with van der Waals surface area (Å²) in [6.45, 7) is 2.38. The molecule has 37 heavy (non-hydrogen) atoms. The van der Waals surface area contributed by atoms with Crippen LogP contribution in [0.5, 0.6) is 0 Å². The van der Waals surface area contributed by atoms with Gasteiger partial charge in [0.2, 0.25) is 15.9 Å². The van der Waals surface area contributed by atoms with E-state index in [4.69, 9.17) is 4.74 Å². The van der Waals surface area contributed by atoms with Crippen molar-refractivity contribution in [1.82, 2.24) is 24.3 Å². The van der Waals surface area contributed by atoms with E-state index in [1.807, 2.05) is 6.92 Å². The molecule has 1 saturated carbocycles. The molecule has 1 saturated heterocycles. The summed E-state index contributed by atoms with van der Waals surface area (Å²) in [6.07, 6.45) is 6.16. The fraction of sp³-hybridized carbons (Fsp3) is 0.458. The van der Waals surface area contributed by atoms with Crippen molar-refractivity contribution in [3.05, 3.63) is 62.9 Å². The number of hydrogen-bond donors (Lipinski definition) is 1. The predicted molar refractivity (Wildman–Crippen MR) is 132 cm³/mol. The number of nitrogens with zero attached hydrogens (tertiary/aromatic N) is 4. The van der Waals surface area contributed by atoms with Crippen molar-refractivity contribution in [1.29, 1.82) is 0 Å². The van der Waals surface area contributed by atoms with Crippen molar-refractivity contribution in [2.24, 2.45) is 13.0 Å². The molecule has 0 bridgehead atoms. The lowest BCUT2D eigenvalue weighted by atomic mass is 10.0. The molecule has 4 aliphatic rings. The number of carbonyl (C=O) groups excluding carboxylic acids is 2. The van der Waals surface area contributed by atoms with Gasteiger partial charge in [-0.25, -0.2) is 22.3 Å². The van der Waals surface area contributed by atoms with Gasteiger partial charge in [-0.05, 0) is 49.1 Å². The zero-order chi connectivity index (χ0) is 26.1. The molecule has 2 atom stereocenters. The number of nitrogens with one attached hydrogen (secondary N) is 1. The summed E-state index contributed by atoms with van der Waals surface area (Å²) in [7, 11) is -2.15. The van der Waals surface area contributed by atoms with Crippen molar-refractivity contribution in [3.63, 3.8) is 0 Å². The van der Waals surface area contributed by atoms with Gasteiger partial charge in [-0.1, -0.05) is 11.8 Å². The SMILES string of the molecule is Cn1cc(CN2C(=O)C3C=C(S(=O)(=O)NC4(C)CC4)SC3N(Cc3cc4c(cc3F)COC4)C2=O)cn1. The molecule has 1 aromatic carbocycles. The Bertz CT molecular complexity index is 1450. The van der Waals surface area contributed by atoms with E-state index in [0.29, 0.717) is 18.8 Å². The van der Waals surface area contributed by atoms with Gasteiger partial charge in [0.25, 0.3) is 0 Å². The number of benzene rings is 1. The van der Waals surface area contributed by atoms with Crippen LogP contribution in [0.3, 0.4) is 0 Å². The number of sulfonamides is 1. The highest BCUT2D eigenvalue weighted by molar-refractivity contribution is 8.18. The quantitative estimate of drug-likeness (QED) is 0.567. The summed E-state index contributed by atoms with van der Waals surface area (Å²) in [5.74, 6) is -1.86. The molecule has 3 amide bonds. The maximum atomic E-state index is 15.0. The van der Waals surface area contributed by atoms with Crippen molar-refractivity contribution in [2.75, 3.05) is 0 Å². The summed E-state index contributed by atoms with van der Waals surface area (Å²) in [6, 6.07) is 2.49. The van der Waals surface area contributed by atoms with Gasteiger partial charge in [0, 0.05) is 29.9 Å². The van der Waals surface area contributed by atoms with Crippen LogP contribution in [-0.4, -0.2) is 50.8 Å². The van der Waals surface area contributed by atoms with Crippen LogP contribution in [0.15, 0.2) is 34.8 Å². The van der Waals surface area contributed by atoms with E-state index in [-0.39, 0.29) is 22.9 Å². The fourth-order valence-electron chi connectivity index (χ4n) is 4.86. The van der Waals surface area contributed by atoms with E-state index in [1.165, 1.54) is 17.0 Å². The van der Waals surface area contributed by atoms with E-state index in [2.05, 4.69) is 9.82 Å². The van der Waals surface area contributed by atoms with Gasteiger partial charge in [-0.15, -0.1) is 0 Å². The minimum absolute atomic E-state index is 0.00725. The van der Waals surface area contributed by atoms with Gasteiger partial charge in [0.15, 0.2) is 0 Å². The number of rotatable bonds is 7. The minimum Gasteiger partial charge on any atom is -0.372 e. The minimum atomic E-state index is -3.88. The van der Waals surface area contributed by atoms with E-state index in [0.717, 1.165) is 40.6 Å². The molecular weight excluding hydrogens is 521 g/mol. The first kappa shape index (κ1) is 24.6. The Labute approximate surface area is 217 Å². The van der Waals surface area contributed by atoms with Crippen molar-refractivity contribution in [2.45, 2.75) is 57.0 Å². The average molecular weight is 548 g/mol. The molecule has 13 heteroatoms. The molecule has 6 rings (SSSR count). The lowest BCUT2D eigenvalue weighted by Gasteiger charge is -2.41. The molecule has 2 unspecified atom stereocenters. The van der Waals surface area contributed by atoms with Crippen molar-refractivity contribution in [3.8, 4) is 0 Å². The highest BCUT2D eigenvalue weighted by Gasteiger charge is 2.52. The first-order valence-electron chi connectivity index (χ1n) is 11.9. The molecule has 0 radical (unpaired) electrons. The van der Waals surface area contributed by atoms with Crippen molar-refractivity contribution < 1.29 is 27.1 Å². The second kappa shape index (κ2) is 8.65. The van der Waals surface area contributed by atoms with Crippen LogP contribution < -0.4 is 4.72 Å². The van der Waals surface area contributed by atoms with Gasteiger partial charge < -0.3 is 9.64 Å². The third-order valence-corrected chi connectivity index (χ3v) is 10.7. The van der Waals surface area contributed by atoms with Crippen LogP contribution >= 0.6 is 11.8 Å². The molecule has 1 aromatic heterocycles. The van der Waals surface area contributed by atoms with E-state index in [1.54, 1.807) is 30.2 Å². The van der Waals surface area contributed by atoms with E-state index in [9.17, 15) is 18.0 Å². The lowest BCUT2D eigenvalue weighted by Crippen LogP contribution is -2.58. The number of carbonyl (C=O) groups is 2. The Kier molecular flexibility index (Phi) is 5.75. The Morgan fingerprint density at radius 2 is 1.95 bits per heavy atom. The number of fused-ring (bicyclic) bond motifs is 2. The normalized spacial score (nSPS) is 24.4. The first-order chi connectivity index (χ1) is 17.5. The zero-order valence-corrected chi connectivity index (χ0v) is 21.9. The van der Waals surface area contributed by atoms with Gasteiger partial charge in [0.1, 0.15) is 15.4 Å². The van der Waals surface area contributed by atoms with Crippen LogP contribution in [0.25, 0.3) is 0 Å². The molecule has 10 nitrogen and oxygen atoms in total. The van der Waals surface area contributed by atoms with Gasteiger partial charge >= 0.3 is 6.03 Å². The molecule has 2 fully saturated rings. The predicted octanol–water partition coefficient (Wildman–Crippen LogP) is 2.56. The molecular formula is C24H26FN5O5S2. The second-order valence-electron chi connectivity index (χ2n) is 10.2. The number of halogens is 1. The highest BCUT2D eigenvalue weighted by Crippen LogP contribution is 2.47. The fourth-order valence-corrected chi connectivity index (χ4v) is 8.16. The molecule has 4 heterocycles. The maximum Gasteiger partial charge on any atom is 0.328 e. The molecule has 2 aromatic rings. The number of aryl methyl sites for hydroxylation is 1. The third kappa shape index (κ3) is 4.47. The summed E-state index contributed by atoms with van der Waals surface area (Å²) < 4.78 is 51.0. The van der Waals surface area contributed by atoms with E-state index < -0.39 is 44.6 Å². The average Bonchev–Trinajstić information content (AvgIpc) is 3.23. The number of aromatic nitrogens is 2. The Morgan fingerprint density at radius 1 is 1.22 bits per heavy atom. The number of thioether (sulfide) groups is 1. The Hall–Kier alpha value is -2.74.